The Labute approximate surface area is 491 Å². The van der Waals surface area contributed by atoms with E-state index in [0.717, 1.165) is 133 Å². The van der Waals surface area contributed by atoms with Crippen LogP contribution in [-0.4, -0.2) is 84.2 Å². The molecule has 2 unspecified atom stereocenters. The van der Waals surface area contributed by atoms with Gasteiger partial charge in [-0.1, -0.05) is 25.3 Å². The summed E-state index contributed by atoms with van der Waals surface area (Å²) in [6, 6.07) is 15.7. The first-order valence-corrected chi connectivity index (χ1v) is 28.5. The highest BCUT2D eigenvalue weighted by molar-refractivity contribution is 5.99. The third kappa shape index (κ3) is 11.3. The molecule has 17 heteroatoms. The van der Waals surface area contributed by atoms with E-state index in [1.54, 1.807) is 0 Å². The fourth-order valence-corrected chi connectivity index (χ4v) is 12.5. The first kappa shape index (κ1) is 58.7. The molecule has 0 amide bonds. The summed E-state index contributed by atoms with van der Waals surface area (Å²) in [6.07, 6.45) is 2.92. The van der Waals surface area contributed by atoms with E-state index >= 15 is 0 Å². The molecule has 6 aromatic heterocycles. The average molecular weight is 1140 g/mol. The van der Waals surface area contributed by atoms with Crippen LogP contribution in [0.2, 0.25) is 0 Å². The highest BCUT2D eigenvalue weighted by Gasteiger charge is 2.28. The van der Waals surface area contributed by atoms with Gasteiger partial charge in [-0.2, -0.15) is 0 Å². The highest BCUT2D eigenvalue weighted by Crippen LogP contribution is 2.43. The minimum Gasteiger partial charge on any atom is -0.481 e. The highest BCUT2D eigenvalue weighted by atomic mass is 16.5. The number of carboxylic acids is 4. The summed E-state index contributed by atoms with van der Waals surface area (Å²) in [5.41, 5.74) is 24.7. The van der Waals surface area contributed by atoms with Gasteiger partial charge < -0.3 is 45.1 Å². The van der Waals surface area contributed by atoms with Crippen LogP contribution in [0.5, 0.6) is 0 Å². The molecule has 0 fully saturated rings. The molecule has 0 aliphatic carbocycles. The maximum Gasteiger partial charge on any atom is 0.303 e. The Morgan fingerprint density at radius 2 is 0.659 bits per heavy atom. The molecular formula is C68H70N8O9. The van der Waals surface area contributed by atoms with Crippen molar-refractivity contribution < 1.29 is 44.3 Å². The molecule has 6 aromatic rings. The van der Waals surface area contributed by atoms with Crippen LogP contribution < -0.4 is 0 Å². The molecule has 10 rings (SSSR count). The van der Waals surface area contributed by atoms with Crippen molar-refractivity contribution in [2.45, 2.75) is 133 Å². The number of fused-ring (bicyclic) bond motifs is 16. The summed E-state index contributed by atoms with van der Waals surface area (Å²) < 4.78 is 7.29. The minimum atomic E-state index is -0.949. The Balaban J connectivity index is 1.19. The van der Waals surface area contributed by atoms with Gasteiger partial charge in [-0.15, -0.1) is 0 Å². The zero-order chi connectivity index (χ0) is 61.0. The molecule has 10 heterocycles. The quantitative estimate of drug-likeness (QED) is 0.0398. The lowest BCUT2D eigenvalue weighted by molar-refractivity contribution is -0.137. The molecule has 436 valence electrons. The molecule has 0 saturated carbocycles. The van der Waals surface area contributed by atoms with Gasteiger partial charge in [0.05, 0.1) is 57.8 Å². The lowest BCUT2D eigenvalue weighted by Crippen LogP contribution is -2.07. The van der Waals surface area contributed by atoms with E-state index in [0.29, 0.717) is 45.6 Å². The number of rotatable bonds is 18. The number of carboxylic acid groups (broad SMARTS) is 4. The number of ether oxygens (including phenoxy) is 1. The number of allylic oxidation sites excluding steroid dienone is 8. The molecule has 0 saturated heterocycles. The Hall–Kier alpha value is -9.48. The predicted octanol–water partition coefficient (Wildman–Crippen LogP) is 15.5. The Morgan fingerprint density at radius 3 is 0.929 bits per heavy atom. The fraction of sp³-hybridized carbons (Fsp3) is 0.294. The van der Waals surface area contributed by atoms with E-state index in [4.69, 9.17) is 24.7 Å². The third-order valence-electron chi connectivity index (χ3n) is 17.3. The van der Waals surface area contributed by atoms with Gasteiger partial charge in [0.25, 0.3) is 0 Å². The van der Waals surface area contributed by atoms with Gasteiger partial charge >= 0.3 is 23.9 Å². The van der Waals surface area contributed by atoms with Crippen molar-refractivity contribution in [1.82, 2.24) is 39.9 Å². The van der Waals surface area contributed by atoms with Crippen LogP contribution in [0.3, 0.4) is 0 Å². The SMILES string of the molecule is C=Cc1c(C)c2cc3nc(cc4nc(cc5[nH]c(cc1[nH]2)c(C)c5C(C)OC(C)c1c(C)c2cc5[nH]c(cc6nc(cc7nc(cc1[nH]2)C(C)=C7CCC(=O)O)C(CCC(=O)O)=C6C)c(C)c5C=C)C(C)=C4CCC(=O)O)C(CCC(=O)O)=C3C. The Kier molecular flexibility index (Phi) is 16.1. The second kappa shape index (κ2) is 23.3. The van der Waals surface area contributed by atoms with Crippen LogP contribution in [0.1, 0.15) is 195 Å². The van der Waals surface area contributed by atoms with Crippen molar-refractivity contribution >= 4 is 125 Å². The van der Waals surface area contributed by atoms with Crippen molar-refractivity contribution in [2.24, 2.45) is 0 Å². The summed E-state index contributed by atoms with van der Waals surface area (Å²) in [5.74, 6) is -3.77. The Morgan fingerprint density at radius 1 is 0.400 bits per heavy atom. The van der Waals surface area contributed by atoms with Crippen LogP contribution in [0.15, 0.2) is 61.7 Å². The number of hydrogen-bond acceptors (Lipinski definition) is 9. The molecule has 17 nitrogen and oxygen atoms in total. The van der Waals surface area contributed by atoms with Gasteiger partial charge in [0.15, 0.2) is 0 Å². The van der Waals surface area contributed by atoms with Crippen LogP contribution >= 0.6 is 0 Å². The van der Waals surface area contributed by atoms with E-state index < -0.39 is 36.1 Å². The van der Waals surface area contributed by atoms with Gasteiger partial charge in [-0.25, -0.2) is 19.9 Å². The minimum absolute atomic E-state index is 0.106. The maximum atomic E-state index is 12.1. The number of H-pyrrole nitrogens is 4. The number of nitrogens with zero attached hydrogens (tertiary/aromatic N) is 4. The largest absolute Gasteiger partial charge is 0.481 e. The van der Waals surface area contributed by atoms with Crippen molar-refractivity contribution in [3.05, 3.63) is 152 Å². The van der Waals surface area contributed by atoms with Crippen LogP contribution in [0, 0.1) is 27.7 Å². The predicted molar refractivity (Wildman–Crippen MR) is 336 cm³/mol. The molecule has 0 radical (unpaired) electrons. The van der Waals surface area contributed by atoms with Crippen molar-refractivity contribution in [1.29, 1.82) is 0 Å². The van der Waals surface area contributed by atoms with Gasteiger partial charge in [0.2, 0.25) is 0 Å². The molecule has 2 atom stereocenters. The molecule has 0 aromatic carbocycles. The topological polar surface area (TPSA) is 273 Å². The van der Waals surface area contributed by atoms with E-state index in [1.807, 2.05) is 104 Å². The molecular weight excluding hydrogens is 1070 g/mol. The molecule has 85 heavy (non-hydrogen) atoms. The van der Waals surface area contributed by atoms with E-state index in [-0.39, 0.29) is 51.4 Å². The smallest absolute Gasteiger partial charge is 0.303 e. The lowest BCUT2D eigenvalue weighted by Gasteiger charge is -2.21. The number of carbonyl (C=O) groups is 4. The first-order chi connectivity index (χ1) is 40.4. The zero-order valence-corrected chi connectivity index (χ0v) is 49.6. The molecule has 16 bridgehead atoms. The number of aliphatic carboxylic acids is 4. The van der Waals surface area contributed by atoms with Crippen molar-refractivity contribution in [2.75, 3.05) is 0 Å². The van der Waals surface area contributed by atoms with Crippen LogP contribution in [0.4, 0.5) is 0 Å². The van der Waals surface area contributed by atoms with Gasteiger partial charge in [-0.3, -0.25) is 19.2 Å². The van der Waals surface area contributed by atoms with Crippen LogP contribution in [-0.2, 0) is 23.9 Å². The third-order valence-corrected chi connectivity index (χ3v) is 17.3. The summed E-state index contributed by atoms with van der Waals surface area (Å²) in [7, 11) is 0. The first-order valence-electron chi connectivity index (χ1n) is 28.5. The monoisotopic (exact) mass is 1140 g/mol. The lowest BCUT2D eigenvalue weighted by atomic mass is 9.98. The summed E-state index contributed by atoms with van der Waals surface area (Å²) in [6.45, 7) is 28.3. The summed E-state index contributed by atoms with van der Waals surface area (Å²) in [5, 5.41) is 39.5. The average Bonchev–Trinajstić information content (AvgIpc) is 4.17. The second-order valence-corrected chi connectivity index (χ2v) is 22.5. The zero-order valence-electron chi connectivity index (χ0n) is 49.6. The maximum absolute atomic E-state index is 12.1. The number of aromatic amines is 4. The van der Waals surface area contributed by atoms with Gasteiger partial charge in [-0.05, 0) is 210 Å². The Bertz CT molecular complexity index is 4140. The number of aryl methyl sites for hydroxylation is 4. The second-order valence-electron chi connectivity index (χ2n) is 22.5. The number of hydrogen-bond donors (Lipinski definition) is 8. The molecule has 0 spiro atoms. The van der Waals surface area contributed by atoms with Gasteiger partial charge in [0.1, 0.15) is 0 Å². The van der Waals surface area contributed by atoms with Gasteiger partial charge in [0, 0.05) is 92.1 Å². The van der Waals surface area contributed by atoms with E-state index in [1.165, 1.54) is 0 Å². The summed E-state index contributed by atoms with van der Waals surface area (Å²) >= 11 is 0. The molecule has 4 aliphatic rings. The summed E-state index contributed by atoms with van der Waals surface area (Å²) in [4.78, 5) is 83.5. The van der Waals surface area contributed by atoms with Crippen LogP contribution in [0.25, 0.3) is 101 Å². The van der Waals surface area contributed by atoms with E-state index in [2.05, 4.69) is 59.1 Å². The molecule has 4 aliphatic heterocycles. The standard InChI is InChI=1S/C68H70N8O9/c1-13-41-31(3)47-23-49-33(5)43(15-19-63(77)78)57(71-49)29-59-45(17-21-65(81)82)35(7)51(73-59)27-61-67(37(9)53(75-61)25-55(41)69-47)39(11)85-40(12)68-38(10)54-26-56-42(14-2)32(4)48(70-56)24-50-34(6)44(16-20-64(79)80)58(72-50)30-60-46(18-22-66(83)84)36(8)52(74-60)28-62(68)76-54/h13-14,23-30,39-40,69-70,75-76H,1-2,15-22H2,3-12H3,(H,77,78)(H,79,80)(H,81,82)(H,83,84). The molecule has 8 N–H and O–H groups in total. The fourth-order valence-electron chi connectivity index (χ4n) is 12.5. The number of aromatic nitrogens is 8. The van der Waals surface area contributed by atoms with Crippen molar-refractivity contribution in [3.63, 3.8) is 0 Å². The van der Waals surface area contributed by atoms with Crippen molar-refractivity contribution in [3.8, 4) is 0 Å². The van der Waals surface area contributed by atoms with E-state index in [9.17, 15) is 39.6 Å². The number of nitrogens with one attached hydrogen (secondary N) is 4. The normalized spacial score (nSPS) is 14.1.